The van der Waals surface area contributed by atoms with Gasteiger partial charge in [-0.1, -0.05) is 6.07 Å². The molecule has 11 heteroatoms. The summed E-state index contributed by atoms with van der Waals surface area (Å²) in [6.07, 6.45) is 8.72. The molecular formula is C23H21BrFN7O2. The molecule has 0 spiro atoms. The van der Waals surface area contributed by atoms with Crippen LogP contribution in [0, 0.1) is 5.92 Å². The molecule has 0 aromatic carbocycles. The van der Waals surface area contributed by atoms with Gasteiger partial charge in [-0.2, -0.15) is 9.61 Å². The van der Waals surface area contributed by atoms with Crippen molar-refractivity contribution >= 4 is 33.4 Å². The first kappa shape index (κ1) is 22.3. The molecule has 34 heavy (non-hydrogen) atoms. The minimum Gasteiger partial charge on any atom is -0.479 e. The summed E-state index contributed by atoms with van der Waals surface area (Å²) >= 11 is 3.56. The molecule has 0 amide bonds. The van der Waals surface area contributed by atoms with Gasteiger partial charge < -0.3 is 10.8 Å². The minimum atomic E-state index is -1.83. The van der Waals surface area contributed by atoms with E-state index in [4.69, 9.17) is 15.8 Å². The number of halogens is 2. The number of aliphatic carboxylic acids is 1. The summed E-state index contributed by atoms with van der Waals surface area (Å²) in [6, 6.07) is 3.79. The Morgan fingerprint density at radius 3 is 2.56 bits per heavy atom. The van der Waals surface area contributed by atoms with E-state index in [9.17, 15) is 9.18 Å². The van der Waals surface area contributed by atoms with Gasteiger partial charge in [-0.25, -0.2) is 14.2 Å². The highest BCUT2D eigenvalue weighted by Crippen LogP contribution is 2.41. The zero-order valence-electron chi connectivity index (χ0n) is 18.0. The highest BCUT2D eigenvalue weighted by molar-refractivity contribution is 9.10. The molecule has 1 aliphatic carbocycles. The molecular weight excluding hydrogens is 505 g/mol. The van der Waals surface area contributed by atoms with Gasteiger partial charge in [-0.05, 0) is 47.7 Å². The number of anilines is 1. The van der Waals surface area contributed by atoms with Gasteiger partial charge in [-0.15, -0.1) is 0 Å². The van der Waals surface area contributed by atoms with Crippen molar-refractivity contribution in [3.8, 4) is 22.5 Å². The second-order valence-corrected chi connectivity index (χ2v) is 9.16. The van der Waals surface area contributed by atoms with Crippen molar-refractivity contribution in [2.45, 2.75) is 37.8 Å². The number of hydrogen-bond acceptors (Lipinski definition) is 7. The lowest BCUT2D eigenvalue weighted by molar-refractivity contribution is -0.145. The number of carboxylic acid groups (broad SMARTS) is 1. The normalized spacial score (nSPS) is 19.2. The van der Waals surface area contributed by atoms with Gasteiger partial charge in [0.1, 0.15) is 11.5 Å². The first-order valence-electron chi connectivity index (χ1n) is 10.9. The number of rotatable bonds is 5. The van der Waals surface area contributed by atoms with E-state index >= 15 is 0 Å². The lowest BCUT2D eigenvalue weighted by atomic mass is 9.78. The van der Waals surface area contributed by atoms with E-state index in [0.717, 1.165) is 16.8 Å². The minimum absolute atomic E-state index is 0.0406. The van der Waals surface area contributed by atoms with Crippen molar-refractivity contribution in [2.75, 3.05) is 5.73 Å². The SMILES string of the molecule is Nc1c(Br)c(C2CCC(C(F)C(=O)O)CC2)nc2c(-c3ccc(-c4cnccn4)nc3)cnn12. The van der Waals surface area contributed by atoms with Crippen molar-refractivity contribution in [2.24, 2.45) is 5.92 Å². The number of pyridine rings is 1. The van der Waals surface area contributed by atoms with Gasteiger partial charge in [0, 0.05) is 41.6 Å². The average Bonchev–Trinajstić information content (AvgIpc) is 3.30. The molecule has 4 aromatic rings. The third-order valence-electron chi connectivity index (χ3n) is 6.36. The number of carboxylic acids is 1. The first-order chi connectivity index (χ1) is 16.4. The maximum atomic E-state index is 14.0. The summed E-state index contributed by atoms with van der Waals surface area (Å²) < 4.78 is 16.2. The highest BCUT2D eigenvalue weighted by Gasteiger charge is 2.34. The van der Waals surface area contributed by atoms with Gasteiger partial charge in [0.05, 0.1) is 28.3 Å². The van der Waals surface area contributed by atoms with Crippen LogP contribution in [0.1, 0.15) is 37.3 Å². The molecule has 1 fully saturated rings. The van der Waals surface area contributed by atoms with Crippen LogP contribution in [0.2, 0.25) is 0 Å². The number of fused-ring (bicyclic) bond motifs is 1. The molecule has 0 aliphatic heterocycles. The number of nitrogens with two attached hydrogens (primary N) is 1. The Morgan fingerprint density at radius 2 is 1.91 bits per heavy atom. The van der Waals surface area contributed by atoms with Crippen molar-refractivity contribution in [1.82, 2.24) is 29.5 Å². The topological polar surface area (TPSA) is 132 Å². The predicted octanol–water partition coefficient (Wildman–Crippen LogP) is 4.29. The quantitative estimate of drug-likeness (QED) is 0.394. The Kier molecular flexibility index (Phi) is 5.94. The first-order valence-corrected chi connectivity index (χ1v) is 11.7. The molecule has 9 nitrogen and oxygen atoms in total. The van der Waals surface area contributed by atoms with Crippen LogP contribution >= 0.6 is 15.9 Å². The molecule has 5 rings (SSSR count). The summed E-state index contributed by atoms with van der Waals surface area (Å²) in [5, 5.41) is 13.4. The van der Waals surface area contributed by atoms with Crippen LogP contribution in [-0.2, 0) is 4.79 Å². The molecule has 1 atom stereocenters. The lowest BCUT2D eigenvalue weighted by Gasteiger charge is -2.29. The van der Waals surface area contributed by atoms with E-state index in [-0.39, 0.29) is 5.92 Å². The molecule has 0 saturated heterocycles. The second-order valence-electron chi connectivity index (χ2n) is 8.36. The standard InChI is InChI=1S/C23H21BrFN7O2/c24-18-20(13-3-1-12(2-4-13)19(25)23(33)34)31-22-15(10-30-32(22)21(18)26)14-5-6-16(29-9-14)17-11-27-7-8-28-17/h5-13,19H,1-4,26H2,(H,33,34). The van der Waals surface area contributed by atoms with Gasteiger partial charge >= 0.3 is 5.97 Å². The van der Waals surface area contributed by atoms with Crippen LogP contribution in [0.3, 0.4) is 0 Å². The Bertz CT molecular complexity index is 1340. The molecule has 3 N–H and O–H groups in total. The summed E-state index contributed by atoms with van der Waals surface area (Å²) in [7, 11) is 0. The Morgan fingerprint density at radius 1 is 1.12 bits per heavy atom. The van der Waals surface area contributed by atoms with Gasteiger partial charge in [0.2, 0.25) is 0 Å². The van der Waals surface area contributed by atoms with Crippen molar-refractivity contribution < 1.29 is 14.3 Å². The largest absolute Gasteiger partial charge is 0.479 e. The van der Waals surface area contributed by atoms with E-state index in [2.05, 4.69) is 36.0 Å². The average molecular weight is 526 g/mol. The van der Waals surface area contributed by atoms with E-state index in [1.54, 1.807) is 35.5 Å². The Hall–Kier alpha value is -3.47. The highest BCUT2D eigenvalue weighted by atomic mass is 79.9. The maximum Gasteiger partial charge on any atom is 0.338 e. The van der Waals surface area contributed by atoms with Crippen LogP contribution in [0.15, 0.2) is 47.6 Å². The van der Waals surface area contributed by atoms with E-state index < -0.39 is 18.1 Å². The lowest BCUT2D eigenvalue weighted by Crippen LogP contribution is -2.28. The number of carbonyl (C=O) groups is 1. The third kappa shape index (κ3) is 4.00. The molecule has 0 radical (unpaired) electrons. The summed E-state index contributed by atoms with van der Waals surface area (Å²) in [5.74, 6) is -1.40. The monoisotopic (exact) mass is 525 g/mol. The third-order valence-corrected chi connectivity index (χ3v) is 7.17. The van der Waals surface area contributed by atoms with Crippen molar-refractivity contribution in [3.05, 3.63) is 53.3 Å². The summed E-state index contributed by atoms with van der Waals surface area (Å²) in [6.45, 7) is 0. The van der Waals surface area contributed by atoms with Crippen molar-refractivity contribution in [3.63, 3.8) is 0 Å². The molecule has 1 saturated carbocycles. The summed E-state index contributed by atoms with van der Waals surface area (Å²) in [5.41, 5.74) is 10.7. The fourth-order valence-electron chi connectivity index (χ4n) is 4.51. The van der Waals surface area contributed by atoms with Gasteiger partial charge in [0.15, 0.2) is 11.8 Å². The van der Waals surface area contributed by atoms with E-state index in [1.807, 2.05) is 12.1 Å². The Balaban J connectivity index is 1.46. The zero-order chi connectivity index (χ0) is 23.8. The van der Waals surface area contributed by atoms with Crippen molar-refractivity contribution in [1.29, 1.82) is 0 Å². The van der Waals surface area contributed by atoms with Gasteiger partial charge in [0.25, 0.3) is 0 Å². The molecule has 0 bridgehead atoms. The van der Waals surface area contributed by atoms with E-state index in [1.165, 1.54) is 0 Å². The fraction of sp³-hybridized carbons (Fsp3) is 0.304. The number of hydrogen-bond donors (Lipinski definition) is 2. The van der Waals surface area contributed by atoms with Crippen LogP contribution in [0.5, 0.6) is 0 Å². The maximum absolute atomic E-state index is 14.0. The van der Waals surface area contributed by atoms with E-state index in [0.29, 0.717) is 53.0 Å². The molecule has 1 unspecified atom stereocenters. The zero-order valence-corrected chi connectivity index (χ0v) is 19.6. The van der Waals surface area contributed by atoms with Gasteiger partial charge in [-0.3, -0.25) is 15.0 Å². The molecule has 4 heterocycles. The smallest absolute Gasteiger partial charge is 0.338 e. The van der Waals surface area contributed by atoms with Crippen LogP contribution < -0.4 is 5.73 Å². The summed E-state index contributed by atoms with van der Waals surface area (Å²) in [4.78, 5) is 28.8. The predicted molar refractivity (Wildman–Crippen MR) is 127 cm³/mol. The number of aromatic nitrogens is 6. The molecule has 4 aromatic heterocycles. The Labute approximate surface area is 202 Å². The molecule has 174 valence electrons. The number of nitrogen functional groups attached to an aromatic ring is 1. The number of alkyl halides is 1. The van der Waals surface area contributed by atoms with Crippen LogP contribution in [0.25, 0.3) is 28.2 Å². The molecule has 1 aliphatic rings. The van der Waals surface area contributed by atoms with Crippen LogP contribution in [-0.4, -0.2) is 46.8 Å². The van der Waals surface area contributed by atoms with Crippen LogP contribution in [0.4, 0.5) is 10.2 Å². The second kappa shape index (κ2) is 9.05. The fourth-order valence-corrected chi connectivity index (χ4v) is 5.09. The number of nitrogens with zero attached hydrogens (tertiary/aromatic N) is 6.